The van der Waals surface area contributed by atoms with E-state index in [1.165, 1.54) is 6.07 Å². The summed E-state index contributed by atoms with van der Waals surface area (Å²) in [5.41, 5.74) is 0.555. The van der Waals surface area contributed by atoms with Crippen LogP contribution in [0.1, 0.15) is 58.6 Å². The van der Waals surface area contributed by atoms with Crippen LogP contribution in [0.25, 0.3) is 0 Å². The average molecular weight is 409 g/mol. The molecule has 1 aliphatic rings. The maximum Gasteiger partial charge on any atom is 0.416 e. The van der Waals surface area contributed by atoms with Gasteiger partial charge in [0.2, 0.25) is 0 Å². The van der Waals surface area contributed by atoms with Crippen LogP contribution in [0, 0.1) is 19.8 Å². The highest BCUT2D eigenvalue weighted by molar-refractivity contribution is 5.94. The van der Waals surface area contributed by atoms with Gasteiger partial charge in [-0.2, -0.15) is 13.2 Å². The lowest BCUT2D eigenvalue weighted by atomic mass is 9.86. The van der Waals surface area contributed by atoms with E-state index in [2.05, 4.69) is 15.8 Å². The van der Waals surface area contributed by atoms with Crippen molar-refractivity contribution in [3.63, 3.8) is 0 Å². The monoisotopic (exact) mass is 409 g/mol. The van der Waals surface area contributed by atoms with Gasteiger partial charge in [-0.15, -0.1) is 0 Å². The molecule has 3 rings (SSSR count). The first-order valence-corrected chi connectivity index (χ1v) is 9.83. The molecule has 1 aromatic carbocycles. The van der Waals surface area contributed by atoms with Gasteiger partial charge in [0.05, 0.1) is 11.3 Å². The Morgan fingerprint density at radius 2 is 1.86 bits per heavy atom. The number of halogens is 3. The van der Waals surface area contributed by atoms with Gasteiger partial charge in [0, 0.05) is 30.8 Å². The number of nitrogens with one attached hydrogen (secondary N) is 2. The highest BCUT2D eigenvalue weighted by Crippen LogP contribution is 2.30. The number of hydrogen-bond acceptors (Lipinski definition) is 4. The molecule has 1 heterocycles. The summed E-state index contributed by atoms with van der Waals surface area (Å²) in [7, 11) is 0. The zero-order valence-corrected chi connectivity index (χ0v) is 16.6. The Labute approximate surface area is 168 Å². The second-order valence-electron chi connectivity index (χ2n) is 7.82. The number of benzene rings is 1. The molecule has 0 saturated heterocycles. The Morgan fingerprint density at radius 1 is 1.14 bits per heavy atom. The van der Waals surface area contributed by atoms with Crippen molar-refractivity contribution in [1.29, 1.82) is 0 Å². The molecule has 158 valence electrons. The first-order valence-electron chi connectivity index (χ1n) is 9.83. The first-order chi connectivity index (χ1) is 13.7. The minimum Gasteiger partial charge on any atom is -0.361 e. The van der Waals surface area contributed by atoms with Gasteiger partial charge in [-0.05, 0) is 69.2 Å². The molecule has 1 aliphatic carbocycles. The first kappa shape index (κ1) is 21.4. The summed E-state index contributed by atoms with van der Waals surface area (Å²) >= 11 is 0. The Hall–Kier alpha value is -2.35. The number of amides is 1. The lowest BCUT2D eigenvalue weighted by Crippen LogP contribution is -2.36. The van der Waals surface area contributed by atoms with Crippen molar-refractivity contribution in [2.45, 2.75) is 58.3 Å². The molecule has 1 saturated carbocycles. The lowest BCUT2D eigenvalue weighted by Gasteiger charge is -2.29. The minimum absolute atomic E-state index is 0.0515. The Bertz CT molecular complexity index is 840. The normalized spacial score (nSPS) is 19.9. The summed E-state index contributed by atoms with van der Waals surface area (Å²) in [4.78, 5) is 12.3. The molecule has 0 radical (unpaired) electrons. The number of alkyl halides is 3. The van der Waals surface area contributed by atoms with E-state index in [1.54, 1.807) is 6.92 Å². The minimum atomic E-state index is -4.46. The third-order valence-corrected chi connectivity index (χ3v) is 5.31. The molecule has 2 aromatic rings. The molecule has 0 spiro atoms. The number of carbonyl (C=O) groups excluding carboxylic acids is 1. The van der Waals surface area contributed by atoms with Gasteiger partial charge in [0.1, 0.15) is 5.76 Å². The van der Waals surface area contributed by atoms with Crippen molar-refractivity contribution in [2.75, 3.05) is 6.54 Å². The SMILES string of the molecule is Cc1cc(C(=O)NCC2CCC(NCc3cc(C)on3)CC2)cc(C(F)(F)F)c1. The summed E-state index contributed by atoms with van der Waals surface area (Å²) in [5.74, 6) is 0.663. The number of carbonyl (C=O) groups is 1. The Kier molecular flexibility index (Phi) is 6.62. The number of aromatic nitrogens is 1. The fourth-order valence-corrected chi connectivity index (χ4v) is 3.74. The molecule has 1 amide bonds. The van der Waals surface area contributed by atoms with Crippen LogP contribution in [0.5, 0.6) is 0 Å². The molecule has 8 heteroatoms. The van der Waals surface area contributed by atoms with Crippen molar-refractivity contribution in [1.82, 2.24) is 15.8 Å². The molecule has 0 bridgehead atoms. The van der Waals surface area contributed by atoms with Gasteiger partial charge in [0.25, 0.3) is 5.91 Å². The third kappa shape index (κ3) is 6.06. The molecule has 1 fully saturated rings. The summed E-state index contributed by atoms with van der Waals surface area (Å²) in [6, 6.07) is 5.74. The van der Waals surface area contributed by atoms with Crippen molar-refractivity contribution < 1.29 is 22.5 Å². The largest absolute Gasteiger partial charge is 0.416 e. The van der Waals surface area contributed by atoms with Crippen LogP contribution < -0.4 is 10.6 Å². The van der Waals surface area contributed by atoms with E-state index in [0.29, 0.717) is 30.6 Å². The molecular weight excluding hydrogens is 383 g/mol. The molecule has 0 aliphatic heterocycles. The highest BCUT2D eigenvalue weighted by Gasteiger charge is 2.31. The topological polar surface area (TPSA) is 67.2 Å². The van der Waals surface area contributed by atoms with E-state index in [1.807, 2.05) is 13.0 Å². The molecular formula is C21H26F3N3O2. The number of nitrogens with zero attached hydrogens (tertiary/aromatic N) is 1. The summed E-state index contributed by atoms with van der Waals surface area (Å²) in [6.07, 6.45) is -0.577. The quantitative estimate of drug-likeness (QED) is 0.743. The van der Waals surface area contributed by atoms with E-state index in [9.17, 15) is 18.0 Å². The van der Waals surface area contributed by atoms with Gasteiger partial charge in [-0.25, -0.2) is 0 Å². The maximum atomic E-state index is 13.0. The molecule has 2 N–H and O–H groups in total. The standard InChI is InChI=1S/C21H26F3N3O2/c1-13-7-16(10-17(8-13)21(22,23)24)20(28)26-11-15-3-5-18(6-4-15)25-12-19-9-14(2)29-27-19/h7-10,15,18,25H,3-6,11-12H2,1-2H3,(H,26,28). The highest BCUT2D eigenvalue weighted by atomic mass is 19.4. The summed E-state index contributed by atoms with van der Waals surface area (Å²) < 4.78 is 43.9. The van der Waals surface area contributed by atoms with E-state index in [4.69, 9.17) is 4.52 Å². The second kappa shape index (κ2) is 8.98. The van der Waals surface area contributed by atoms with Crippen LogP contribution in [-0.4, -0.2) is 23.7 Å². The van der Waals surface area contributed by atoms with Crippen LogP contribution in [-0.2, 0) is 12.7 Å². The van der Waals surface area contributed by atoms with E-state index in [-0.39, 0.29) is 5.56 Å². The molecule has 5 nitrogen and oxygen atoms in total. The third-order valence-electron chi connectivity index (χ3n) is 5.31. The van der Waals surface area contributed by atoms with Gasteiger partial charge < -0.3 is 15.2 Å². The van der Waals surface area contributed by atoms with E-state index >= 15 is 0 Å². The van der Waals surface area contributed by atoms with Crippen molar-refractivity contribution in [2.24, 2.45) is 5.92 Å². The van der Waals surface area contributed by atoms with Crippen LogP contribution >= 0.6 is 0 Å². The lowest BCUT2D eigenvalue weighted by molar-refractivity contribution is -0.137. The van der Waals surface area contributed by atoms with E-state index in [0.717, 1.165) is 49.3 Å². The van der Waals surface area contributed by atoms with Gasteiger partial charge >= 0.3 is 6.18 Å². The predicted octanol–water partition coefficient (Wildman–Crippen LogP) is 4.39. The number of rotatable bonds is 6. The van der Waals surface area contributed by atoms with Crippen molar-refractivity contribution >= 4 is 5.91 Å². The van der Waals surface area contributed by atoms with Crippen LogP contribution in [0.2, 0.25) is 0 Å². The smallest absolute Gasteiger partial charge is 0.361 e. The van der Waals surface area contributed by atoms with Crippen LogP contribution in [0.4, 0.5) is 13.2 Å². The fraction of sp³-hybridized carbons (Fsp3) is 0.524. The summed E-state index contributed by atoms with van der Waals surface area (Å²) in [6.45, 7) is 4.55. The van der Waals surface area contributed by atoms with Gasteiger partial charge in [0.15, 0.2) is 0 Å². The van der Waals surface area contributed by atoms with Crippen molar-refractivity contribution in [3.8, 4) is 0 Å². The molecule has 1 aromatic heterocycles. The zero-order valence-electron chi connectivity index (χ0n) is 16.6. The predicted molar refractivity (Wildman–Crippen MR) is 102 cm³/mol. The van der Waals surface area contributed by atoms with Crippen molar-refractivity contribution in [3.05, 3.63) is 52.4 Å². The van der Waals surface area contributed by atoms with Crippen LogP contribution in [0.3, 0.4) is 0 Å². The second-order valence-corrected chi connectivity index (χ2v) is 7.82. The van der Waals surface area contributed by atoms with Crippen LogP contribution in [0.15, 0.2) is 28.8 Å². The Balaban J connectivity index is 1.44. The molecule has 29 heavy (non-hydrogen) atoms. The van der Waals surface area contributed by atoms with Gasteiger partial charge in [-0.3, -0.25) is 4.79 Å². The summed E-state index contributed by atoms with van der Waals surface area (Å²) in [5, 5.41) is 10.2. The fourth-order valence-electron chi connectivity index (χ4n) is 3.74. The Morgan fingerprint density at radius 3 is 2.48 bits per heavy atom. The van der Waals surface area contributed by atoms with E-state index < -0.39 is 17.6 Å². The maximum absolute atomic E-state index is 13.0. The zero-order chi connectivity index (χ0) is 21.0. The van der Waals surface area contributed by atoms with Gasteiger partial charge in [-0.1, -0.05) is 5.16 Å². The average Bonchev–Trinajstić information content (AvgIpc) is 3.09. The number of aryl methyl sites for hydroxylation is 2. The molecule has 0 atom stereocenters. The molecule has 0 unspecified atom stereocenters. The number of hydrogen-bond donors (Lipinski definition) is 2.